The van der Waals surface area contributed by atoms with Gasteiger partial charge < -0.3 is 9.80 Å². The largest absolute Gasteiger partial charge is 0.338 e. The standard InChI is InChI=1S/C29H37N3OS/c1-28-16-14-22-20(10-13-25-29(22,2)17-15-26(33)32(25)4)21(28)11-12-23(28)24-18-34-27(30-24)31(3)19-8-6-5-7-9-19/h5-9,15,17-18,20-23,25H,10-14,16H2,1-4H3/t20-,21-,22-,23+,25+,28-,29+/m0/s1. The van der Waals surface area contributed by atoms with Gasteiger partial charge >= 0.3 is 0 Å². The van der Waals surface area contributed by atoms with Gasteiger partial charge in [-0.05, 0) is 79.9 Å². The second-order valence-electron chi connectivity index (χ2n) is 11.7. The number of carbonyl (C=O) groups is 1. The molecule has 1 aliphatic heterocycles. The lowest BCUT2D eigenvalue weighted by molar-refractivity contribution is -0.138. The van der Waals surface area contributed by atoms with Crippen LogP contribution >= 0.6 is 11.3 Å². The first kappa shape index (κ1) is 22.3. The fourth-order valence-corrected chi connectivity index (χ4v) is 9.44. The van der Waals surface area contributed by atoms with Gasteiger partial charge in [0.2, 0.25) is 5.91 Å². The van der Waals surface area contributed by atoms with E-state index in [1.807, 2.05) is 18.0 Å². The van der Waals surface area contributed by atoms with Crippen LogP contribution in [0.1, 0.15) is 64.0 Å². The second kappa shape index (κ2) is 7.94. The highest BCUT2D eigenvalue weighted by molar-refractivity contribution is 7.13. The lowest BCUT2D eigenvalue weighted by Crippen LogP contribution is -2.59. The number of fused-ring (bicyclic) bond motifs is 5. The van der Waals surface area contributed by atoms with Crippen molar-refractivity contribution >= 4 is 28.1 Å². The lowest BCUT2D eigenvalue weighted by atomic mass is 9.47. The number of hydrogen-bond acceptors (Lipinski definition) is 4. The Morgan fingerprint density at radius 1 is 1.06 bits per heavy atom. The molecule has 0 spiro atoms. The maximum absolute atomic E-state index is 12.4. The summed E-state index contributed by atoms with van der Waals surface area (Å²) in [5.74, 6) is 2.96. The van der Waals surface area contributed by atoms with Crippen molar-refractivity contribution in [3.63, 3.8) is 0 Å². The number of rotatable bonds is 3. The fourth-order valence-electron chi connectivity index (χ4n) is 8.58. The molecule has 1 aromatic carbocycles. The molecule has 1 amide bonds. The van der Waals surface area contributed by atoms with Gasteiger partial charge in [-0.3, -0.25) is 4.79 Å². The topological polar surface area (TPSA) is 36.4 Å². The first-order chi connectivity index (χ1) is 16.3. The molecule has 7 atom stereocenters. The average molecular weight is 476 g/mol. The molecule has 0 saturated heterocycles. The number of benzene rings is 1. The molecule has 4 nitrogen and oxygen atoms in total. The molecule has 3 aliphatic carbocycles. The molecule has 3 fully saturated rings. The Labute approximate surface area is 208 Å². The monoisotopic (exact) mass is 475 g/mol. The zero-order valence-corrected chi connectivity index (χ0v) is 21.7. The fraction of sp³-hybridized carbons (Fsp3) is 0.586. The van der Waals surface area contributed by atoms with Crippen molar-refractivity contribution in [3.05, 3.63) is 53.6 Å². The summed E-state index contributed by atoms with van der Waals surface area (Å²) >= 11 is 1.78. The van der Waals surface area contributed by atoms with E-state index in [-0.39, 0.29) is 11.3 Å². The summed E-state index contributed by atoms with van der Waals surface area (Å²) in [5, 5.41) is 3.43. The van der Waals surface area contributed by atoms with Crippen LogP contribution < -0.4 is 4.90 Å². The molecule has 0 bridgehead atoms. The van der Waals surface area contributed by atoms with Crippen LogP contribution in [0.5, 0.6) is 0 Å². The molecule has 6 rings (SSSR count). The van der Waals surface area contributed by atoms with Gasteiger partial charge in [0, 0.05) is 42.5 Å². The summed E-state index contributed by atoms with van der Waals surface area (Å²) in [6.45, 7) is 5.02. The van der Waals surface area contributed by atoms with E-state index in [1.165, 1.54) is 43.5 Å². The van der Waals surface area contributed by atoms with Gasteiger partial charge in [-0.2, -0.15) is 0 Å². The van der Waals surface area contributed by atoms with Crippen LogP contribution in [0.3, 0.4) is 0 Å². The van der Waals surface area contributed by atoms with Gasteiger partial charge in [0.1, 0.15) is 0 Å². The summed E-state index contributed by atoms with van der Waals surface area (Å²) in [6.07, 6.45) is 11.7. The summed E-state index contributed by atoms with van der Waals surface area (Å²) < 4.78 is 0. The zero-order valence-electron chi connectivity index (χ0n) is 20.9. The average Bonchev–Trinajstić information content (AvgIpc) is 3.46. The highest BCUT2D eigenvalue weighted by Crippen LogP contribution is 2.67. The van der Waals surface area contributed by atoms with Gasteiger partial charge in [-0.1, -0.05) is 38.1 Å². The molecule has 0 radical (unpaired) electrons. The SMILES string of the molecule is CN(c1ccccc1)c1nc([C@H]2CC[C@H]3[C@@H]4CC[C@H]5N(C)C(=O)C=C[C@]5(C)[C@H]4CC[C@]23C)cs1. The third-order valence-corrected chi connectivity index (χ3v) is 11.4. The van der Waals surface area contributed by atoms with Gasteiger partial charge in [-0.25, -0.2) is 4.98 Å². The van der Waals surface area contributed by atoms with Gasteiger partial charge in [0.05, 0.1) is 5.69 Å². The van der Waals surface area contributed by atoms with Crippen molar-refractivity contribution in [2.45, 2.75) is 64.3 Å². The molecule has 34 heavy (non-hydrogen) atoms. The molecule has 0 N–H and O–H groups in total. The van der Waals surface area contributed by atoms with E-state index < -0.39 is 0 Å². The van der Waals surface area contributed by atoms with Crippen molar-refractivity contribution < 1.29 is 4.79 Å². The number of aromatic nitrogens is 1. The van der Waals surface area contributed by atoms with E-state index >= 15 is 0 Å². The first-order valence-corrected chi connectivity index (χ1v) is 13.9. The summed E-state index contributed by atoms with van der Waals surface area (Å²) in [6, 6.07) is 10.9. The summed E-state index contributed by atoms with van der Waals surface area (Å²) in [4.78, 5) is 21.8. The molecule has 2 aromatic rings. The molecule has 180 valence electrons. The van der Waals surface area contributed by atoms with Crippen LogP contribution in [0.2, 0.25) is 0 Å². The Kier molecular flexibility index (Phi) is 5.22. The second-order valence-corrected chi connectivity index (χ2v) is 12.6. The van der Waals surface area contributed by atoms with Crippen molar-refractivity contribution in [1.82, 2.24) is 9.88 Å². The van der Waals surface area contributed by atoms with E-state index in [0.29, 0.717) is 23.3 Å². The quantitative estimate of drug-likeness (QED) is 0.500. The summed E-state index contributed by atoms with van der Waals surface area (Å²) in [7, 11) is 4.14. The van der Waals surface area contributed by atoms with Gasteiger partial charge in [-0.15, -0.1) is 11.3 Å². The molecule has 1 aromatic heterocycles. The minimum atomic E-state index is 0.122. The predicted octanol–water partition coefficient (Wildman–Crippen LogP) is 6.63. The number of likely N-dealkylation sites (N-methyl/N-ethyl adjacent to an activating group) is 1. The maximum atomic E-state index is 12.4. The van der Waals surface area contributed by atoms with Crippen molar-refractivity contribution in [3.8, 4) is 0 Å². The number of hydrogen-bond donors (Lipinski definition) is 0. The van der Waals surface area contributed by atoms with Crippen molar-refractivity contribution in [2.24, 2.45) is 28.6 Å². The van der Waals surface area contributed by atoms with E-state index in [2.05, 4.69) is 67.6 Å². The third kappa shape index (κ3) is 3.15. The lowest BCUT2D eigenvalue weighted by Gasteiger charge is -2.60. The number of amides is 1. The van der Waals surface area contributed by atoms with E-state index in [0.717, 1.165) is 23.4 Å². The Morgan fingerprint density at radius 3 is 2.65 bits per heavy atom. The predicted molar refractivity (Wildman–Crippen MR) is 139 cm³/mol. The van der Waals surface area contributed by atoms with Crippen molar-refractivity contribution in [2.75, 3.05) is 19.0 Å². The smallest absolute Gasteiger partial charge is 0.246 e. The maximum Gasteiger partial charge on any atom is 0.246 e. The van der Waals surface area contributed by atoms with Crippen LogP contribution in [0.15, 0.2) is 47.9 Å². The van der Waals surface area contributed by atoms with Crippen LogP contribution in [0.25, 0.3) is 0 Å². The highest BCUT2D eigenvalue weighted by atomic mass is 32.1. The summed E-state index contributed by atoms with van der Waals surface area (Å²) in [5.41, 5.74) is 2.96. The minimum Gasteiger partial charge on any atom is -0.338 e. The minimum absolute atomic E-state index is 0.122. The van der Waals surface area contributed by atoms with Gasteiger partial charge in [0.25, 0.3) is 0 Å². The van der Waals surface area contributed by atoms with E-state index in [4.69, 9.17) is 4.98 Å². The molecule has 0 unspecified atom stereocenters. The number of anilines is 2. The van der Waals surface area contributed by atoms with Crippen LogP contribution in [-0.2, 0) is 4.79 Å². The molecule has 2 heterocycles. The highest BCUT2D eigenvalue weighted by Gasteiger charge is 2.60. The van der Waals surface area contributed by atoms with Crippen LogP contribution in [-0.4, -0.2) is 35.9 Å². The zero-order chi connectivity index (χ0) is 23.7. The Bertz CT molecular complexity index is 1110. The molecule has 3 saturated carbocycles. The van der Waals surface area contributed by atoms with Crippen LogP contribution in [0, 0.1) is 28.6 Å². The number of para-hydroxylation sites is 1. The van der Waals surface area contributed by atoms with Gasteiger partial charge in [0.15, 0.2) is 5.13 Å². The molecule has 5 heteroatoms. The van der Waals surface area contributed by atoms with E-state index in [1.54, 1.807) is 11.3 Å². The Balaban J connectivity index is 1.26. The number of nitrogens with zero attached hydrogens (tertiary/aromatic N) is 3. The van der Waals surface area contributed by atoms with Crippen LogP contribution in [0.4, 0.5) is 10.8 Å². The number of carbonyl (C=O) groups excluding carboxylic acids is 1. The molecule has 4 aliphatic rings. The molecular weight excluding hydrogens is 438 g/mol. The normalized spacial score (nSPS) is 38.9. The third-order valence-electron chi connectivity index (χ3n) is 10.4. The Morgan fingerprint density at radius 2 is 1.85 bits per heavy atom. The van der Waals surface area contributed by atoms with E-state index in [9.17, 15) is 4.79 Å². The first-order valence-electron chi connectivity index (χ1n) is 13.0. The number of thiazole rings is 1. The van der Waals surface area contributed by atoms with Crippen molar-refractivity contribution in [1.29, 1.82) is 0 Å². The molecular formula is C29H37N3OS. The Hall–Kier alpha value is -2.14.